The van der Waals surface area contributed by atoms with E-state index in [9.17, 15) is 29.1 Å². The Labute approximate surface area is 187 Å². The van der Waals surface area contributed by atoms with Gasteiger partial charge >= 0.3 is 0 Å². The van der Waals surface area contributed by atoms with Crippen molar-refractivity contribution < 1.29 is 29.1 Å². The maximum atomic E-state index is 12.9. The molecule has 10 heteroatoms. The van der Waals surface area contributed by atoms with Crippen LogP contribution in [0, 0.1) is 5.92 Å². The molecule has 0 unspecified atom stereocenters. The molecule has 1 rings (SSSR count). The number of primary amides is 1. The molecule has 0 radical (unpaired) electrons. The van der Waals surface area contributed by atoms with Gasteiger partial charge in [-0.2, -0.15) is 0 Å². The van der Waals surface area contributed by atoms with Gasteiger partial charge < -0.3 is 26.8 Å². The van der Waals surface area contributed by atoms with Gasteiger partial charge in [-0.1, -0.05) is 32.0 Å². The average Bonchev–Trinajstić information content (AvgIpc) is 2.70. The zero-order valence-electron chi connectivity index (χ0n) is 18.8. The summed E-state index contributed by atoms with van der Waals surface area (Å²) in [5.74, 6) is -3.25. The first-order valence-corrected chi connectivity index (χ1v) is 10.4. The second kappa shape index (κ2) is 12.6. The standard InChI is InChI=1S/C22H32N4O6/c1-12(2)10-16(22(32)26-18(14(4)28)19(23)29)25-21(31)17(11-13(3)27)24-20(30)15-8-6-5-7-9-15/h5-9,12,14,16-18,28H,10-11H2,1-4H3,(H2,23,29)(H,24,30)(H,25,31)(H,26,32)/t14-,16+,17+,18+/m1/s1. The Morgan fingerprint density at radius 3 is 1.94 bits per heavy atom. The quantitative estimate of drug-likeness (QED) is 0.293. The number of ketones is 1. The highest BCUT2D eigenvalue weighted by Crippen LogP contribution is 2.08. The van der Waals surface area contributed by atoms with Crippen LogP contribution in [0.5, 0.6) is 0 Å². The summed E-state index contributed by atoms with van der Waals surface area (Å²) in [5, 5.41) is 17.1. The molecule has 32 heavy (non-hydrogen) atoms. The number of Topliss-reactive ketones (excluding diaryl/α,β-unsaturated/α-hetero) is 1. The second-order valence-corrected chi connectivity index (χ2v) is 8.12. The molecule has 0 bridgehead atoms. The van der Waals surface area contributed by atoms with E-state index in [-0.39, 0.29) is 24.5 Å². The lowest BCUT2D eigenvalue weighted by Gasteiger charge is -2.26. The van der Waals surface area contributed by atoms with E-state index < -0.39 is 47.9 Å². The number of nitrogens with two attached hydrogens (primary N) is 1. The molecule has 0 aliphatic heterocycles. The molecule has 0 aliphatic carbocycles. The van der Waals surface area contributed by atoms with Gasteiger partial charge in [-0.05, 0) is 38.3 Å². The van der Waals surface area contributed by atoms with Crippen LogP contribution < -0.4 is 21.7 Å². The van der Waals surface area contributed by atoms with Gasteiger partial charge in [0.25, 0.3) is 5.91 Å². The number of amides is 4. The van der Waals surface area contributed by atoms with E-state index in [1.54, 1.807) is 30.3 Å². The smallest absolute Gasteiger partial charge is 0.251 e. The lowest BCUT2D eigenvalue weighted by molar-refractivity contribution is -0.134. The third-order valence-corrected chi connectivity index (χ3v) is 4.58. The highest BCUT2D eigenvalue weighted by molar-refractivity contribution is 6.00. The van der Waals surface area contributed by atoms with Crippen LogP contribution >= 0.6 is 0 Å². The summed E-state index contributed by atoms with van der Waals surface area (Å²) >= 11 is 0. The summed E-state index contributed by atoms with van der Waals surface area (Å²) in [5.41, 5.74) is 5.53. The lowest BCUT2D eigenvalue weighted by Crippen LogP contribution is -2.58. The van der Waals surface area contributed by atoms with Crippen LogP contribution in [-0.4, -0.2) is 58.7 Å². The van der Waals surface area contributed by atoms with Gasteiger partial charge in [0.1, 0.15) is 23.9 Å². The lowest BCUT2D eigenvalue weighted by atomic mass is 10.0. The number of carbonyl (C=O) groups is 5. The van der Waals surface area contributed by atoms with Gasteiger partial charge in [0.2, 0.25) is 17.7 Å². The Balaban J connectivity index is 3.01. The summed E-state index contributed by atoms with van der Waals surface area (Å²) in [4.78, 5) is 61.3. The van der Waals surface area contributed by atoms with Gasteiger partial charge in [0.15, 0.2) is 0 Å². The van der Waals surface area contributed by atoms with E-state index in [0.29, 0.717) is 5.56 Å². The van der Waals surface area contributed by atoms with Crippen molar-refractivity contribution in [3.8, 4) is 0 Å². The summed E-state index contributed by atoms with van der Waals surface area (Å²) in [7, 11) is 0. The molecule has 0 saturated heterocycles. The number of carbonyl (C=O) groups excluding carboxylic acids is 5. The van der Waals surface area contributed by atoms with Crippen LogP contribution in [0.3, 0.4) is 0 Å². The predicted molar refractivity (Wildman–Crippen MR) is 117 cm³/mol. The molecular weight excluding hydrogens is 416 g/mol. The monoisotopic (exact) mass is 448 g/mol. The maximum Gasteiger partial charge on any atom is 0.251 e. The van der Waals surface area contributed by atoms with Gasteiger partial charge in [0, 0.05) is 12.0 Å². The molecule has 176 valence electrons. The van der Waals surface area contributed by atoms with E-state index in [0.717, 1.165) is 0 Å². The largest absolute Gasteiger partial charge is 0.391 e. The molecule has 4 amide bonds. The fraction of sp³-hybridized carbons (Fsp3) is 0.500. The number of rotatable bonds is 12. The van der Waals surface area contributed by atoms with Gasteiger partial charge in [-0.3, -0.25) is 24.0 Å². The Hall–Kier alpha value is -3.27. The van der Waals surface area contributed by atoms with Crippen LogP contribution in [0.25, 0.3) is 0 Å². The topological polar surface area (TPSA) is 168 Å². The fourth-order valence-corrected chi connectivity index (χ4v) is 2.99. The molecule has 4 atom stereocenters. The number of aliphatic hydroxyl groups is 1. The van der Waals surface area contributed by atoms with Crippen molar-refractivity contribution in [1.29, 1.82) is 0 Å². The molecular formula is C22H32N4O6. The second-order valence-electron chi connectivity index (χ2n) is 8.12. The minimum absolute atomic E-state index is 0.0187. The average molecular weight is 449 g/mol. The van der Waals surface area contributed by atoms with Crippen molar-refractivity contribution in [3.63, 3.8) is 0 Å². The third-order valence-electron chi connectivity index (χ3n) is 4.58. The van der Waals surface area contributed by atoms with Gasteiger partial charge in [0.05, 0.1) is 6.10 Å². The van der Waals surface area contributed by atoms with Crippen LogP contribution in [0.1, 0.15) is 50.9 Å². The Morgan fingerprint density at radius 1 is 0.906 bits per heavy atom. The van der Waals surface area contributed by atoms with E-state index >= 15 is 0 Å². The highest BCUT2D eigenvalue weighted by Gasteiger charge is 2.31. The Kier molecular flexibility index (Phi) is 10.5. The van der Waals surface area contributed by atoms with Crippen molar-refractivity contribution >= 4 is 29.4 Å². The van der Waals surface area contributed by atoms with Gasteiger partial charge in [-0.25, -0.2) is 0 Å². The van der Waals surface area contributed by atoms with Crippen LogP contribution in [0.15, 0.2) is 30.3 Å². The maximum absolute atomic E-state index is 12.9. The number of hydrogen-bond acceptors (Lipinski definition) is 6. The first-order valence-electron chi connectivity index (χ1n) is 10.4. The van der Waals surface area contributed by atoms with Crippen molar-refractivity contribution in [1.82, 2.24) is 16.0 Å². The van der Waals surface area contributed by atoms with Crippen molar-refractivity contribution in [2.75, 3.05) is 0 Å². The van der Waals surface area contributed by atoms with E-state index in [1.807, 2.05) is 13.8 Å². The fourth-order valence-electron chi connectivity index (χ4n) is 2.99. The molecule has 0 fully saturated rings. The molecule has 6 N–H and O–H groups in total. The Bertz CT molecular complexity index is 825. The molecule has 0 saturated carbocycles. The zero-order valence-corrected chi connectivity index (χ0v) is 18.8. The normalized spacial score (nSPS) is 14.6. The molecule has 10 nitrogen and oxygen atoms in total. The molecule has 0 aliphatic rings. The van der Waals surface area contributed by atoms with Crippen molar-refractivity contribution in [3.05, 3.63) is 35.9 Å². The highest BCUT2D eigenvalue weighted by atomic mass is 16.3. The minimum Gasteiger partial charge on any atom is -0.391 e. The SMILES string of the molecule is CC(=O)C[C@H](NC(=O)c1ccccc1)C(=O)N[C@@H](CC(C)C)C(=O)N[C@H](C(N)=O)[C@@H](C)O. The number of hydrogen-bond donors (Lipinski definition) is 5. The number of aliphatic hydroxyl groups excluding tert-OH is 1. The summed E-state index contributed by atoms with van der Waals surface area (Å²) in [6.07, 6.45) is -1.29. The first kappa shape index (κ1) is 26.8. The molecule has 0 heterocycles. The molecule has 0 aromatic heterocycles. The Morgan fingerprint density at radius 2 is 1.47 bits per heavy atom. The predicted octanol–water partition coefficient (Wildman–Crippen LogP) is -0.354. The van der Waals surface area contributed by atoms with Crippen LogP contribution in [0.2, 0.25) is 0 Å². The summed E-state index contributed by atoms with van der Waals surface area (Å²) in [6, 6.07) is 4.57. The van der Waals surface area contributed by atoms with Crippen molar-refractivity contribution in [2.45, 2.75) is 64.8 Å². The van der Waals surface area contributed by atoms with Crippen molar-refractivity contribution in [2.24, 2.45) is 11.7 Å². The molecule has 1 aromatic carbocycles. The number of benzene rings is 1. The van der Waals surface area contributed by atoms with E-state index in [2.05, 4.69) is 16.0 Å². The summed E-state index contributed by atoms with van der Waals surface area (Å²) < 4.78 is 0. The van der Waals surface area contributed by atoms with E-state index in [1.165, 1.54) is 13.8 Å². The van der Waals surface area contributed by atoms with Gasteiger partial charge in [-0.15, -0.1) is 0 Å². The molecule has 1 aromatic rings. The van der Waals surface area contributed by atoms with Crippen LogP contribution in [-0.2, 0) is 19.2 Å². The van der Waals surface area contributed by atoms with E-state index in [4.69, 9.17) is 5.73 Å². The summed E-state index contributed by atoms with van der Waals surface area (Å²) in [6.45, 7) is 6.24. The zero-order chi connectivity index (χ0) is 24.4. The first-order chi connectivity index (χ1) is 14.9. The molecule has 0 spiro atoms. The van der Waals surface area contributed by atoms with Crippen LogP contribution in [0.4, 0.5) is 0 Å². The third kappa shape index (κ3) is 8.84. The number of nitrogens with one attached hydrogen (secondary N) is 3. The minimum atomic E-state index is -1.33.